The molecule has 1 N–H and O–H groups in total. The molecule has 0 fully saturated rings. The molecule has 0 saturated carbocycles. The smallest absolute Gasteiger partial charge is 0.0796 e. The van der Waals surface area contributed by atoms with Gasteiger partial charge >= 0.3 is 0 Å². The van der Waals surface area contributed by atoms with Crippen LogP contribution in [0.15, 0.2) is 24.5 Å². The lowest BCUT2D eigenvalue weighted by Gasteiger charge is -2.14. The van der Waals surface area contributed by atoms with Crippen molar-refractivity contribution < 1.29 is 5.11 Å². The molecule has 0 saturated heterocycles. The summed E-state index contributed by atoms with van der Waals surface area (Å²) in [6, 6.07) is 3.90. The van der Waals surface area contributed by atoms with E-state index in [9.17, 15) is 5.11 Å². The van der Waals surface area contributed by atoms with E-state index in [1.165, 1.54) is 5.56 Å². The Bertz CT molecular complexity index is 245. The standard InChI is InChI=1S/C9H11ClINO/c10-6-9(13)8(11)5-7-1-3-12-4-2-7/h1-4,8-9,13H,5-6H2/t8-,9+/m0/s1. The van der Waals surface area contributed by atoms with Gasteiger partial charge in [0.05, 0.1) is 6.10 Å². The number of hydrogen-bond donors (Lipinski definition) is 1. The molecule has 72 valence electrons. The molecule has 1 rings (SSSR count). The summed E-state index contributed by atoms with van der Waals surface area (Å²) in [5.41, 5.74) is 1.18. The molecule has 2 atom stereocenters. The summed E-state index contributed by atoms with van der Waals surface area (Å²) in [5, 5.41) is 9.43. The van der Waals surface area contributed by atoms with E-state index in [0.717, 1.165) is 6.42 Å². The number of pyridine rings is 1. The van der Waals surface area contributed by atoms with Crippen LogP contribution in [0.5, 0.6) is 0 Å². The summed E-state index contributed by atoms with van der Waals surface area (Å²) < 4.78 is 0.164. The van der Waals surface area contributed by atoms with E-state index in [0.29, 0.717) is 5.88 Å². The summed E-state index contributed by atoms with van der Waals surface area (Å²) in [6.07, 6.45) is 3.91. The van der Waals surface area contributed by atoms with Crippen molar-refractivity contribution in [2.75, 3.05) is 5.88 Å². The Labute approximate surface area is 96.5 Å². The molecule has 0 unspecified atom stereocenters. The fourth-order valence-electron chi connectivity index (χ4n) is 0.977. The lowest BCUT2D eigenvalue weighted by molar-refractivity contribution is 0.199. The third-order valence-corrected chi connectivity index (χ3v) is 3.34. The molecule has 0 bridgehead atoms. The molecular weight excluding hydrogens is 300 g/mol. The van der Waals surface area contributed by atoms with Gasteiger partial charge in [-0.05, 0) is 24.1 Å². The fourth-order valence-corrected chi connectivity index (χ4v) is 2.26. The molecule has 0 spiro atoms. The second kappa shape index (κ2) is 5.78. The summed E-state index contributed by atoms with van der Waals surface area (Å²) in [4.78, 5) is 3.93. The third-order valence-electron chi connectivity index (χ3n) is 1.76. The summed E-state index contributed by atoms with van der Waals surface area (Å²) in [6.45, 7) is 0. The molecule has 1 aromatic rings. The highest BCUT2D eigenvalue weighted by molar-refractivity contribution is 14.1. The van der Waals surface area contributed by atoms with Gasteiger partial charge in [-0.15, -0.1) is 11.6 Å². The highest BCUT2D eigenvalue weighted by Gasteiger charge is 2.14. The van der Waals surface area contributed by atoms with Gasteiger partial charge < -0.3 is 5.11 Å². The zero-order valence-corrected chi connectivity index (χ0v) is 9.94. The first-order chi connectivity index (χ1) is 6.24. The number of hydrogen-bond acceptors (Lipinski definition) is 2. The van der Waals surface area contributed by atoms with E-state index in [1.54, 1.807) is 12.4 Å². The van der Waals surface area contributed by atoms with E-state index in [2.05, 4.69) is 27.6 Å². The minimum absolute atomic E-state index is 0.164. The van der Waals surface area contributed by atoms with E-state index in [4.69, 9.17) is 11.6 Å². The Balaban J connectivity index is 2.50. The van der Waals surface area contributed by atoms with Gasteiger partial charge in [0, 0.05) is 22.2 Å². The van der Waals surface area contributed by atoms with Crippen molar-refractivity contribution in [2.24, 2.45) is 0 Å². The molecule has 1 heterocycles. The maximum Gasteiger partial charge on any atom is 0.0796 e. The van der Waals surface area contributed by atoms with Crippen molar-refractivity contribution in [3.05, 3.63) is 30.1 Å². The number of aliphatic hydroxyl groups is 1. The number of alkyl halides is 2. The van der Waals surface area contributed by atoms with Crippen LogP contribution in [0, 0.1) is 0 Å². The Morgan fingerprint density at radius 3 is 2.62 bits per heavy atom. The maximum atomic E-state index is 9.43. The Morgan fingerprint density at radius 2 is 2.08 bits per heavy atom. The minimum atomic E-state index is -0.435. The van der Waals surface area contributed by atoms with Crippen LogP contribution in [-0.2, 0) is 6.42 Å². The lowest BCUT2D eigenvalue weighted by atomic mass is 10.1. The van der Waals surface area contributed by atoms with Gasteiger partial charge in [-0.3, -0.25) is 4.98 Å². The van der Waals surface area contributed by atoms with Crippen LogP contribution in [0.25, 0.3) is 0 Å². The normalized spacial score (nSPS) is 15.3. The van der Waals surface area contributed by atoms with Crippen molar-refractivity contribution in [3.63, 3.8) is 0 Å². The summed E-state index contributed by atoms with van der Waals surface area (Å²) >= 11 is 7.76. The predicted molar refractivity (Wildman–Crippen MR) is 62.5 cm³/mol. The average Bonchev–Trinajstić information content (AvgIpc) is 2.18. The first kappa shape index (κ1) is 11.2. The molecule has 0 amide bonds. The van der Waals surface area contributed by atoms with E-state index >= 15 is 0 Å². The largest absolute Gasteiger partial charge is 0.391 e. The Morgan fingerprint density at radius 1 is 1.46 bits per heavy atom. The average molecular weight is 312 g/mol. The lowest BCUT2D eigenvalue weighted by Crippen LogP contribution is -2.23. The first-order valence-electron chi connectivity index (χ1n) is 4.01. The molecular formula is C9H11ClINO. The Kier molecular flexibility index (Phi) is 4.98. The number of aliphatic hydroxyl groups excluding tert-OH is 1. The predicted octanol–water partition coefficient (Wildman–Crippen LogP) is 2.03. The molecule has 13 heavy (non-hydrogen) atoms. The molecule has 1 aromatic heterocycles. The summed E-state index contributed by atoms with van der Waals surface area (Å²) in [7, 11) is 0. The van der Waals surface area contributed by atoms with Crippen molar-refractivity contribution in [3.8, 4) is 0 Å². The van der Waals surface area contributed by atoms with Gasteiger partial charge in [-0.25, -0.2) is 0 Å². The number of nitrogens with zero attached hydrogens (tertiary/aromatic N) is 1. The molecule has 0 aromatic carbocycles. The second-order valence-electron chi connectivity index (χ2n) is 2.80. The minimum Gasteiger partial charge on any atom is -0.391 e. The molecule has 0 radical (unpaired) electrons. The van der Waals surface area contributed by atoms with Crippen LogP contribution in [-0.4, -0.2) is 26.0 Å². The molecule has 4 heteroatoms. The van der Waals surface area contributed by atoms with Crippen LogP contribution >= 0.6 is 34.2 Å². The second-order valence-corrected chi connectivity index (χ2v) is 4.71. The van der Waals surface area contributed by atoms with Crippen molar-refractivity contribution >= 4 is 34.2 Å². The van der Waals surface area contributed by atoms with Crippen LogP contribution in [0.4, 0.5) is 0 Å². The van der Waals surface area contributed by atoms with E-state index in [1.807, 2.05) is 12.1 Å². The van der Waals surface area contributed by atoms with Gasteiger partial charge in [0.15, 0.2) is 0 Å². The number of halogens is 2. The zero-order chi connectivity index (χ0) is 9.68. The fraction of sp³-hybridized carbons (Fsp3) is 0.444. The van der Waals surface area contributed by atoms with Crippen LogP contribution in [0.1, 0.15) is 5.56 Å². The van der Waals surface area contributed by atoms with Crippen molar-refractivity contribution in [2.45, 2.75) is 16.4 Å². The van der Waals surface area contributed by atoms with Crippen LogP contribution in [0.2, 0.25) is 0 Å². The van der Waals surface area contributed by atoms with E-state index < -0.39 is 6.10 Å². The monoisotopic (exact) mass is 311 g/mol. The zero-order valence-electron chi connectivity index (χ0n) is 7.03. The number of aromatic nitrogens is 1. The molecule has 2 nitrogen and oxygen atoms in total. The number of rotatable bonds is 4. The topological polar surface area (TPSA) is 33.1 Å². The van der Waals surface area contributed by atoms with Gasteiger partial charge in [0.1, 0.15) is 0 Å². The molecule has 0 aliphatic heterocycles. The van der Waals surface area contributed by atoms with Gasteiger partial charge in [-0.1, -0.05) is 22.6 Å². The third kappa shape index (κ3) is 3.79. The highest BCUT2D eigenvalue weighted by atomic mass is 127. The first-order valence-corrected chi connectivity index (χ1v) is 5.79. The van der Waals surface area contributed by atoms with E-state index in [-0.39, 0.29) is 3.92 Å². The van der Waals surface area contributed by atoms with Crippen molar-refractivity contribution in [1.29, 1.82) is 0 Å². The Hall–Kier alpha value is 0.130. The molecule has 0 aliphatic rings. The summed E-state index contributed by atoms with van der Waals surface area (Å²) in [5.74, 6) is 0.290. The highest BCUT2D eigenvalue weighted by Crippen LogP contribution is 2.14. The van der Waals surface area contributed by atoms with Gasteiger partial charge in [0.25, 0.3) is 0 Å². The van der Waals surface area contributed by atoms with Crippen LogP contribution < -0.4 is 0 Å². The van der Waals surface area contributed by atoms with Crippen LogP contribution in [0.3, 0.4) is 0 Å². The van der Waals surface area contributed by atoms with Crippen molar-refractivity contribution in [1.82, 2.24) is 4.98 Å². The quantitative estimate of drug-likeness (QED) is 0.682. The molecule has 0 aliphatic carbocycles. The van der Waals surface area contributed by atoms with Gasteiger partial charge in [0.2, 0.25) is 0 Å². The maximum absolute atomic E-state index is 9.43. The van der Waals surface area contributed by atoms with Gasteiger partial charge in [-0.2, -0.15) is 0 Å². The SMILES string of the molecule is O[C@H](CCl)[C@@H](I)Cc1ccncc1.